The molecule has 1 unspecified atom stereocenters. The van der Waals surface area contributed by atoms with E-state index in [1.807, 2.05) is 13.1 Å². The van der Waals surface area contributed by atoms with E-state index in [9.17, 15) is 0 Å². The molecule has 0 amide bonds. The average Bonchev–Trinajstić information content (AvgIpc) is 2.75. The lowest BCUT2D eigenvalue weighted by atomic mass is 10.1. The van der Waals surface area contributed by atoms with Crippen molar-refractivity contribution in [3.8, 4) is 0 Å². The lowest BCUT2D eigenvalue weighted by molar-refractivity contribution is 0.218. The van der Waals surface area contributed by atoms with Crippen LogP contribution in [0.3, 0.4) is 0 Å². The van der Waals surface area contributed by atoms with Crippen LogP contribution in [-0.2, 0) is 4.74 Å². The third-order valence-corrected chi connectivity index (χ3v) is 2.74. The van der Waals surface area contributed by atoms with Crippen molar-refractivity contribution < 1.29 is 4.74 Å². The molecule has 0 aliphatic carbocycles. The fourth-order valence-corrected chi connectivity index (χ4v) is 1.94. The summed E-state index contributed by atoms with van der Waals surface area (Å²) in [5, 5.41) is 3.86. The lowest BCUT2D eigenvalue weighted by Crippen LogP contribution is -2.19. The molecule has 4 heteroatoms. The van der Waals surface area contributed by atoms with Crippen LogP contribution in [0.2, 0.25) is 5.02 Å². The van der Waals surface area contributed by atoms with Crippen molar-refractivity contribution in [1.29, 1.82) is 0 Å². The van der Waals surface area contributed by atoms with E-state index >= 15 is 0 Å². The molecule has 0 fully saturated rings. The smallest absolute Gasteiger partial charge is 0.114 e. The maximum Gasteiger partial charge on any atom is 0.114 e. The number of hydrogen-bond acceptors (Lipinski definition) is 3. The van der Waals surface area contributed by atoms with E-state index in [0.29, 0.717) is 5.02 Å². The normalized spacial score (nSPS) is 17.1. The van der Waals surface area contributed by atoms with Crippen molar-refractivity contribution in [3.05, 3.63) is 40.9 Å². The molecule has 0 saturated heterocycles. The Morgan fingerprint density at radius 2 is 2.47 bits per heavy atom. The molecule has 2 rings (SSSR count). The number of hydrogen-bond donors (Lipinski definition) is 1. The van der Waals surface area contributed by atoms with E-state index in [4.69, 9.17) is 16.3 Å². The Hall–Kier alpha value is -1.06. The van der Waals surface area contributed by atoms with Crippen LogP contribution in [0.5, 0.6) is 0 Å². The molecule has 1 aromatic rings. The van der Waals surface area contributed by atoms with E-state index in [1.54, 1.807) is 12.4 Å². The van der Waals surface area contributed by atoms with E-state index in [1.165, 1.54) is 0 Å². The summed E-state index contributed by atoms with van der Waals surface area (Å²) in [6.07, 6.45) is 6.45. The molecule has 3 nitrogen and oxygen atoms in total. The first-order chi connectivity index (χ1) is 7.33. The van der Waals surface area contributed by atoms with Crippen molar-refractivity contribution >= 4 is 11.6 Å². The molecule has 0 spiro atoms. The summed E-state index contributed by atoms with van der Waals surface area (Å²) in [5.41, 5.74) is 1.00. The molecule has 1 N–H and O–H groups in total. The second-order valence-corrected chi connectivity index (χ2v) is 3.77. The number of ether oxygens (including phenoxy) is 1. The van der Waals surface area contributed by atoms with Gasteiger partial charge in [-0.15, -0.1) is 0 Å². The molecule has 0 bridgehead atoms. The maximum absolute atomic E-state index is 6.09. The van der Waals surface area contributed by atoms with E-state index < -0.39 is 0 Å². The Labute approximate surface area is 94.1 Å². The molecule has 1 atom stereocenters. The zero-order valence-corrected chi connectivity index (χ0v) is 9.29. The Morgan fingerprint density at radius 1 is 1.60 bits per heavy atom. The van der Waals surface area contributed by atoms with Crippen molar-refractivity contribution in [2.45, 2.75) is 12.5 Å². The molecular formula is C11H13ClN2O. The minimum atomic E-state index is 0.0306. The molecule has 0 aromatic carbocycles. The largest absolute Gasteiger partial charge is 0.496 e. The monoisotopic (exact) mass is 224 g/mol. The highest BCUT2D eigenvalue weighted by Gasteiger charge is 2.20. The zero-order valence-electron chi connectivity index (χ0n) is 8.53. The molecule has 2 heterocycles. The highest BCUT2D eigenvalue weighted by Crippen LogP contribution is 2.30. The quantitative estimate of drug-likeness (QED) is 0.856. The fourth-order valence-electron chi connectivity index (χ4n) is 1.71. The SMILES string of the molecule is CNC(C1=CCCO1)c1ccncc1Cl. The molecule has 15 heavy (non-hydrogen) atoms. The highest BCUT2D eigenvalue weighted by molar-refractivity contribution is 6.31. The van der Waals surface area contributed by atoms with Crippen molar-refractivity contribution in [3.63, 3.8) is 0 Å². The number of pyridine rings is 1. The standard InChI is InChI=1S/C11H13ClN2O/c1-13-11(10-3-2-6-15-10)8-4-5-14-7-9(8)12/h3-5,7,11,13H,2,6H2,1H3. The van der Waals surface area contributed by atoms with Gasteiger partial charge in [0, 0.05) is 18.8 Å². The van der Waals surface area contributed by atoms with Gasteiger partial charge in [-0.1, -0.05) is 11.6 Å². The first-order valence-corrected chi connectivity index (χ1v) is 5.30. The lowest BCUT2D eigenvalue weighted by Gasteiger charge is -2.18. The molecule has 0 saturated carbocycles. The highest BCUT2D eigenvalue weighted by atomic mass is 35.5. The summed E-state index contributed by atoms with van der Waals surface area (Å²) in [5.74, 6) is 0.950. The topological polar surface area (TPSA) is 34.1 Å². The van der Waals surface area contributed by atoms with Gasteiger partial charge in [-0.3, -0.25) is 4.98 Å². The average molecular weight is 225 g/mol. The third kappa shape index (κ3) is 2.13. The van der Waals surface area contributed by atoms with Crippen molar-refractivity contribution in [2.24, 2.45) is 0 Å². The summed E-state index contributed by atoms with van der Waals surface area (Å²) in [7, 11) is 1.89. The van der Waals surface area contributed by atoms with Crippen LogP contribution in [0, 0.1) is 0 Å². The Bertz CT molecular complexity index is 379. The Kier molecular flexibility index (Phi) is 3.23. The molecule has 0 radical (unpaired) electrons. The number of likely N-dealkylation sites (N-methyl/N-ethyl adjacent to an activating group) is 1. The van der Waals surface area contributed by atoms with Crippen LogP contribution in [0.4, 0.5) is 0 Å². The van der Waals surface area contributed by atoms with Crippen LogP contribution in [0.25, 0.3) is 0 Å². The van der Waals surface area contributed by atoms with Gasteiger partial charge in [-0.05, 0) is 24.8 Å². The number of rotatable bonds is 3. The summed E-state index contributed by atoms with van der Waals surface area (Å²) in [4.78, 5) is 3.97. The van der Waals surface area contributed by atoms with E-state index in [0.717, 1.165) is 24.4 Å². The Morgan fingerprint density at radius 3 is 3.07 bits per heavy atom. The van der Waals surface area contributed by atoms with Gasteiger partial charge in [-0.25, -0.2) is 0 Å². The van der Waals surface area contributed by atoms with Crippen LogP contribution < -0.4 is 5.32 Å². The minimum Gasteiger partial charge on any atom is -0.496 e. The van der Waals surface area contributed by atoms with Gasteiger partial charge in [0.2, 0.25) is 0 Å². The first-order valence-electron chi connectivity index (χ1n) is 4.92. The zero-order chi connectivity index (χ0) is 10.7. The van der Waals surface area contributed by atoms with Gasteiger partial charge in [-0.2, -0.15) is 0 Å². The fraction of sp³-hybridized carbons (Fsp3) is 0.364. The third-order valence-electron chi connectivity index (χ3n) is 2.42. The number of halogens is 1. The van der Waals surface area contributed by atoms with Gasteiger partial charge < -0.3 is 10.1 Å². The molecule has 1 aliphatic rings. The van der Waals surface area contributed by atoms with Crippen LogP contribution in [-0.4, -0.2) is 18.6 Å². The molecule has 1 aliphatic heterocycles. The van der Waals surface area contributed by atoms with Crippen LogP contribution in [0.1, 0.15) is 18.0 Å². The number of aromatic nitrogens is 1. The summed E-state index contributed by atoms with van der Waals surface area (Å²) in [6.45, 7) is 0.760. The molecule has 80 valence electrons. The summed E-state index contributed by atoms with van der Waals surface area (Å²) < 4.78 is 5.53. The first kappa shape index (κ1) is 10.5. The molecular weight excluding hydrogens is 212 g/mol. The van der Waals surface area contributed by atoms with Gasteiger partial charge in [0.1, 0.15) is 5.76 Å². The second kappa shape index (κ2) is 4.64. The predicted octanol–water partition coefficient (Wildman–Crippen LogP) is 2.30. The molecule has 1 aromatic heterocycles. The van der Waals surface area contributed by atoms with Crippen molar-refractivity contribution in [1.82, 2.24) is 10.3 Å². The number of nitrogens with one attached hydrogen (secondary N) is 1. The van der Waals surface area contributed by atoms with E-state index in [-0.39, 0.29) is 6.04 Å². The predicted molar refractivity (Wildman–Crippen MR) is 59.7 cm³/mol. The number of nitrogens with zero attached hydrogens (tertiary/aromatic N) is 1. The summed E-state index contributed by atoms with van der Waals surface area (Å²) >= 11 is 6.09. The van der Waals surface area contributed by atoms with Gasteiger partial charge in [0.05, 0.1) is 17.7 Å². The van der Waals surface area contributed by atoms with Crippen LogP contribution in [0.15, 0.2) is 30.3 Å². The summed E-state index contributed by atoms with van der Waals surface area (Å²) in [6, 6.07) is 1.94. The minimum absolute atomic E-state index is 0.0306. The van der Waals surface area contributed by atoms with Gasteiger partial charge in [0.15, 0.2) is 0 Å². The second-order valence-electron chi connectivity index (χ2n) is 3.36. The van der Waals surface area contributed by atoms with Gasteiger partial charge in [0.25, 0.3) is 0 Å². The van der Waals surface area contributed by atoms with E-state index in [2.05, 4.69) is 16.4 Å². The maximum atomic E-state index is 6.09. The Balaban J connectivity index is 2.30. The van der Waals surface area contributed by atoms with Crippen LogP contribution >= 0.6 is 11.6 Å². The van der Waals surface area contributed by atoms with Crippen molar-refractivity contribution in [2.75, 3.05) is 13.7 Å². The van der Waals surface area contributed by atoms with Gasteiger partial charge >= 0.3 is 0 Å².